The van der Waals surface area contributed by atoms with Crippen LogP contribution >= 0.6 is 0 Å². The fourth-order valence-electron chi connectivity index (χ4n) is 1.97. The summed E-state index contributed by atoms with van der Waals surface area (Å²) in [7, 11) is 0. The summed E-state index contributed by atoms with van der Waals surface area (Å²) >= 11 is 0. The van der Waals surface area contributed by atoms with Crippen molar-refractivity contribution in [2.24, 2.45) is 5.73 Å². The number of nitrogens with two attached hydrogens (primary N) is 1. The van der Waals surface area contributed by atoms with E-state index < -0.39 is 5.60 Å². The molecule has 1 aliphatic rings. The lowest BCUT2D eigenvalue weighted by Crippen LogP contribution is -2.47. The van der Waals surface area contributed by atoms with Gasteiger partial charge >= 0.3 is 0 Å². The summed E-state index contributed by atoms with van der Waals surface area (Å²) in [5.41, 5.74) is 4.75. The summed E-state index contributed by atoms with van der Waals surface area (Å²) in [5, 5.41) is 9.80. The van der Waals surface area contributed by atoms with E-state index in [9.17, 15) is 5.11 Å². The first-order chi connectivity index (χ1) is 6.93. The number of rotatable bonds is 4. The molecule has 0 spiro atoms. The molecule has 1 fully saturated rings. The van der Waals surface area contributed by atoms with Crippen LogP contribution < -0.4 is 5.73 Å². The minimum atomic E-state index is -0.731. The maximum absolute atomic E-state index is 9.80. The highest BCUT2D eigenvalue weighted by molar-refractivity contribution is 4.78. The molecule has 0 aromatic rings. The molecule has 4 nitrogen and oxygen atoms in total. The van der Waals surface area contributed by atoms with Gasteiger partial charge in [0.05, 0.1) is 17.8 Å². The molecule has 0 saturated carbocycles. The Bertz CT molecular complexity index is 187. The highest BCUT2D eigenvalue weighted by Crippen LogP contribution is 2.14. The second kappa shape index (κ2) is 5.25. The van der Waals surface area contributed by atoms with Gasteiger partial charge in [0, 0.05) is 26.2 Å². The SMILES string of the molecule is CC1CN(CCC(C)(O)CN)CC(C)O1. The summed E-state index contributed by atoms with van der Waals surface area (Å²) in [4.78, 5) is 2.34. The smallest absolute Gasteiger partial charge is 0.0753 e. The van der Waals surface area contributed by atoms with E-state index in [1.54, 1.807) is 6.92 Å². The van der Waals surface area contributed by atoms with Gasteiger partial charge in [-0.15, -0.1) is 0 Å². The highest BCUT2D eigenvalue weighted by atomic mass is 16.5. The first kappa shape index (κ1) is 12.9. The maximum Gasteiger partial charge on any atom is 0.0753 e. The zero-order valence-corrected chi connectivity index (χ0v) is 10.1. The second-order valence-corrected chi connectivity index (χ2v) is 4.97. The average molecular weight is 216 g/mol. The van der Waals surface area contributed by atoms with Crippen molar-refractivity contribution in [2.45, 2.75) is 45.0 Å². The lowest BCUT2D eigenvalue weighted by Gasteiger charge is -2.36. The van der Waals surface area contributed by atoms with Crippen LogP contribution in [0.15, 0.2) is 0 Å². The van der Waals surface area contributed by atoms with Crippen LogP contribution in [0.25, 0.3) is 0 Å². The molecule has 1 aliphatic heterocycles. The molecule has 0 aromatic heterocycles. The van der Waals surface area contributed by atoms with Crippen molar-refractivity contribution in [3.05, 3.63) is 0 Å². The average Bonchev–Trinajstić information content (AvgIpc) is 2.14. The van der Waals surface area contributed by atoms with Gasteiger partial charge in [0.2, 0.25) is 0 Å². The van der Waals surface area contributed by atoms with Crippen LogP contribution in [0, 0.1) is 0 Å². The van der Waals surface area contributed by atoms with Crippen LogP contribution in [0.3, 0.4) is 0 Å². The summed E-state index contributed by atoms with van der Waals surface area (Å²) in [6.45, 7) is 9.08. The lowest BCUT2D eigenvalue weighted by molar-refractivity contribution is -0.0733. The quantitative estimate of drug-likeness (QED) is 0.704. The van der Waals surface area contributed by atoms with Crippen molar-refractivity contribution < 1.29 is 9.84 Å². The highest BCUT2D eigenvalue weighted by Gasteiger charge is 2.25. The van der Waals surface area contributed by atoms with Crippen LogP contribution in [-0.2, 0) is 4.74 Å². The van der Waals surface area contributed by atoms with E-state index >= 15 is 0 Å². The number of aliphatic hydroxyl groups is 1. The molecule has 3 atom stereocenters. The Morgan fingerprint density at radius 1 is 1.40 bits per heavy atom. The zero-order chi connectivity index (χ0) is 11.5. The van der Waals surface area contributed by atoms with Crippen molar-refractivity contribution in [3.8, 4) is 0 Å². The molecule has 90 valence electrons. The number of ether oxygens (including phenoxy) is 1. The first-order valence-corrected chi connectivity index (χ1v) is 5.73. The largest absolute Gasteiger partial charge is 0.389 e. The zero-order valence-electron chi connectivity index (χ0n) is 10.1. The topological polar surface area (TPSA) is 58.7 Å². The van der Waals surface area contributed by atoms with Gasteiger partial charge in [-0.3, -0.25) is 4.90 Å². The Balaban J connectivity index is 2.32. The molecular formula is C11H24N2O2. The molecule has 0 aliphatic carbocycles. The van der Waals surface area contributed by atoms with Crippen molar-refractivity contribution in [1.29, 1.82) is 0 Å². The van der Waals surface area contributed by atoms with Crippen LogP contribution in [0.1, 0.15) is 27.2 Å². The van der Waals surface area contributed by atoms with Crippen LogP contribution in [-0.4, -0.2) is 54.0 Å². The summed E-state index contributed by atoms with van der Waals surface area (Å²) in [5.74, 6) is 0. The number of morpholine rings is 1. The minimum absolute atomic E-state index is 0.288. The molecule has 1 saturated heterocycles. The van der Waals surface area contributed by atoms with E-state index in [1.165, 1.54) is 0 Å². The summed E-state index contributed by atoms with van der Waals surface area (Å²) in [6.07, 6.45) is 1.30. The Morgan fingerprint density at radius 3 is 2.40 bits per heavy atom. The molecule has 3 unspecified atom stereocenters. The molecule has 1 heterocycles. The predicted molar refractivity (Wildman–Crippen MR) is 60.7 cm³/mol. The number of nitrogens with zero attached hydrogens (tertiary/aromatic N) is 1. The molecule has 0 amide bonds. The van der Waals surface area contributed by atoms with Gasteiger partial charge < -0.3 is 15.6 Å². The van der Waals surface area contributed by atoms with Gasteiger partial charge in [-0.05, 0) is 27.2 Å². The van der Waals surface area contributed by atoms with Crippen LogP contribution in [0.5, 0.6) is 0 Å². The molecule has 1 rings (SSSR count). The van der Waals surface area contributed by atoms with Crippen molar-refractivity contribution in [1.82, 2.24) is 4.90 Å². The summed E-state index contributed by atoms with van der Waals surface area (Å²) in [6, 6.07) is 0. The molecule has 0 bridgehead atoms. The van der Waals surface area contributed by atoms with E-state index in [-0.39, 0.29) is 12.2 Å². The van der Waals surface area contributed by atoms with E-state index in [0.717, 1.165) is 26.1 Å². The van der Waals surface area contributed by atoms with Gasteiger partial charge in [0.1, 0.15) is 0 Å². The van der Waals surface area contributed by atoms with Gasteiger partial charge in [-0.1, -0.05) is 0 Å². The molecule has 15 heavy (non-hydrogen) atoms. The monoisotopic (exact) mass is 216 g/mol. The fraction of sp³-hybridized carbons (Fsp3) is 1.00. The second-order valence-electron chi connectivity index (χ2n) is 4.97. The Kier molecular flexibility index (Phi) is 4.52. The number of hydrogen-bond acceptors (Lipinski definition) is 4. The Morgan fingerprint density at radius 2 is 1.93 bits per heavy atom. The third kappa shape index (κ3) is 4.47. The lowest BCUT2D eigenvalue weighted by atomic mass is 10.0. The van der Waals surface area contributed by atoms with Gasteiger partial charge in [0.25, 0.3) is 0 Å². The molecular weight excluding hydrogens is 192 g/mol. The number of hydrogen-bond donors (Lipinski definition) is 2. The van der Waals surface area contributed by atoms with Crippen molar-refractivity contribution >= 4 is 0 Å². The van der Waals surface area contributed by atoms with E-state index in [4.69, 9.17) is 10.5 Å². The first-order valence-electron chi connectivity index (χ1n) is 5.73. The van der Waals surface area contributed by atoms with Crippen LogP contribution in [0.2, 0.25) is 0 Å². The van der Waals surface area contributed by atoms with Gasteiger partial charge in [0.15, 0.2) is 0 Å². The van der Waals surface area contributed by atoms with Gasteiger partial charge in [-0.2, -0.15) is 0 Å². The third-order valence-corrected chi connectivity index (χ3v) is 2.90. The normalized spacial score (nSPS) is 32.6. The minimum Gasteiger partial charge on any atom is -0.389 e. The summed E-state index contributed by atoms with van der Waals surface area (Å²) < 4.78 is 5.65. The maximum atomic E-state index is 9.80. The predicted octanol–water partition coefficient (Wildman–Crippen LogP) is 0.195. The van der Waals surface area contributed by atoms with Crippen molar-refractivity contribution in [3.63, 3.8) is 0 Å². The van der Waals surface area contributed by atoms with E-state index in [1.807, 2.05) is 0 Å². The van der Waals surface area contributed by atoms with Gasteiger partial charge in [-0.25, -0.2) is 0 Å². The Labute approximate surface area is 92.4 Å². The van der Waals surface area contributed by atoms with E-state index in [2.05, 4.69) is 18.7 Å². The van der Waals surface area contributed by atoms with Crippen molar-refractivity contribution in [2.75, 3.05) is 26.2 Å². The molecule has 4 heteroatoms. The standard InChI is InChI=1S/C11H24N2O2/c1-9-6-13(7-10(2)15-9)5-4-11(3,14)8-12/h9-10,14H,4-8,12H2,1-3H3. The third-order valence-electron chi connectivity index (χ3n) is 2.90. The van der Waals surface area contributed by atoms with Crippen LogP contribution in [0.4, 0.5) is 0 Å². The molecule has 3 N–H and O–H groups in total. The van der Waals surface area contributed by atoms with E-state index in [0.29, 0.717) is 6.54 Å². The molecule has 0 aromatic carbocycles. The fourth-order valence-corrected chi connectivity index (χ4v) is 1.97. The Hall–Kier alpha value is -0.160. The molecule has 0 radical (unpaired) electrons.